The van der Waals surface area contributed by atoms with Crippen molar-refractivity contribution >= 4 is 17.7 Å². The van der Waals surface area contributed by atoms with Crippen LogP contribution < -0.4 is 5.32 Å². The summed E-state index contributed by atoms with van der Waals surface area (Å²) in [6.07, 6.45) is 1.54. The lowest BCUT2D eigenvalue weighted by Gasteiger charge is -2.44. The number of likely N-dealkylation sites (tertiary alicyclic amines) is 1. The highest BCUT2D eigenvalue weighted by atomic mass is 19.1. The summed E-state index contributed by atoms with van der Waals surface area (Å²) in [6.45, 7) is 4.72. The molecule has 0 radical (unpaired) electrons. The number of piperidine rings is 1. The lowest BCUT2D eigenvalue weighted by molar-refractivity contribution is -0.128. The fraction of sp³-hybridized carbons (Fsp3) is 0.423. The third kappa shape index (κ3) is 4.68. The highest BCUT2D eigenvalue weighted by molar-refractivity contribution is 5.98. The van der Waals surface area contributed by atoms with Gasteiger partial charge in [0.2, 0.25) is 5.91 Å². The van der Waals surface area contributed by atoms with E-state index in [1.54, 1.807) is 34.1 Å². The molecule has 2 saturated heterocycles. The number of hydrogen-bond donors (Lipinski definition) is 1. The summed E-state index contributed by atoms with van der Waals surface area (Å²) in [7, 11) is 0. The van der Waals surface area contributed by atoms with Gasteiger partial charge in [-0.3, -0.25) is 19.3 Å². The summed E-state index contributed by atoms with van der Waals surface area (Å²) in [6, 6.07) is 13.6. The van der Waals surface area contributed by atoms with E-state index in [0.29, 0.717) is 37.1 Å². The predicted octanol–water partition coefficient (Wildman–Crippen LogP) is 3.21. The summed E-state index contributed by atoms with van der Waals surface area (Å²) in [4.78, 5) is 42.9. The number of rotatable bonds is 5. The van der Waals surface area contributed by atoms with Crippen molar-refractivity contribution in [3.63, 3.8) is 0 Å². The molecular formula is C26H30FN3O4. The minimum Gasteiger partial charge on any atom is -0.353 e. The highest BCUT2D eigenvalue weighted by Gasteiger charge is 2.54. The first-order valence-corrected chi connectivity index (χ1v) is 11.7. The molecule has 0 saturated carbocycles. The third-order valence-corrected chi connectivity index (χ3v) is 6.73. The number of nitrogens with one attached hydrogen (secondary N) is 1. The smallest absolute Gasteiger partial charge is 0.256 e. The quantitative estimate of drug-likeness (QED) is 0.733. The highest BCUT2D eigenvalue weighted by Crippen LogP contribution is 2.38. The Morgan fingerprint density at radius 2 is 1.65 bits per heavy atom. The molecule has 2 aliphatic heterocycles. The van der Waals surface area contributed by atoms with Gasteiger partial charge in [-0.25, -0.2) is 4.39 Å². The first-order chi connectivity index (χ1) is 16.3. The zero-order valence-electron chi connectivity index (χ0n) is 19.5. The fourth-order valence-corrected chi connectivity index (χ4v) is 4.56. The van der Waals surface area contributed by atoms with E-state index in [1.165, 1.54) is 24.3 Å². The standard InChI is InChI=1S/C26H30FN3O4/c1-3-18(2)28-23(31)22-17-34-26(30(22)25(33)19-7-5-4-6-8-19)13-15-29(16-14-26)24(32)20-9-11-21(27)12-10-20/h4-12,18,22H,3,13-17H2,1-2H3,(H,28,31)/t18-,22-/m1/s1. The predicted molar refractivity (Wildman–Crippen MR) is 125 cm³/mol. The van der Waals surface area contributed by atoms with E-state index in [0.717, 1.165) is 6.42 Å². The number of ether oxygens (including phenoxy) is 1. The number of carbonyl (C=O) groups excluding carboxylic acids is 3. The van der Waals surface area contributed by atoms with Crippen LogP contribution in [-0.2, 0) is 9.53 Å². The van der Waals surface area contributed by atoms with Crippen LogP contribution in [0.25, 0.3) is 0 Å². The van der Waals surface area contributed by atoms with E-state index in [2.05, 4.69) is 5.32 Å². The molecule has 2 aromatic carbocycles. The molecule has 0 bridgehead atoms. The van der Waals surface area contributed by atoms with Crippen LogP contribution in [0.5, 0.6) is 0 Å². The topological polar surface area (TPSA) is 79.0 Å². The van der Waals surface area contributed by atoms with Crippen molar-refractivity contribution in [2.75, 3.05) is 19.7 Å². The first-order valence-electron chi connectivity index (χ1n) is 11.7. The zero-order valence-corrected chi connectivity index (χ0v) is 19.5. The Bertz CT molecular complexity index is 1040. The van der Waals surface area contributed by atoms with Gasteiger partial charge in [-0.1, -0.05) is 25.1 Å². The van der Waals surface area contributed by atoms with Crippen LogP contribution in [0.15, 0.2) is 54.6 Å². The Balaban J connectivity index is 1.56. The SMILES string of the molecule is CC[C@@H](C)NC(=O)[C@H]1COC2(CCN(C(=O)c3ccc(F)cc3)CC2)N1C(=O)c1ccccc1. The second-order valence-electron chi connectivity index (χ2n) is 8.93. The molecule has 0 unspecified atom stereocenters. The minimum absolute atomic E-state index is 0.0205. The first kappa shape index (κ1) is 23.9. The summed E-state index contributed by atoms with van der Waals surface area (Å²) >= 11 is 0. The summed E-state index contributed by atoms with van der Waals surface area (Å²) in [5.74, 6) is -1.09. The van der Waals surface area contributed by atoms with Crippen LogP contribution in [0.4, 0.5) is 4.39 Å². The van der Waals surface area contributed by atoms with Crippen molar-refractivity contribution in [1.29, 1.82) is 0 Å². The van der Waals surface area contributed by atoms with Gasteiger partial charge in [-0.15, -0.1) is 0 Å². The van der Waals surface area contributed by atoms with E-state index in [1.807, 2.05) is 19.9 Å². The third-order valence-electron chi connectivity index (χ3n) is 6.73. The number of benzene rings is 2. The monoisotopic (exact) mass is 467 g/mol. The molecule has 2 atom stereocenters. The Morgan fingerprint density at radius 3 is 2.26 bits per heavy atom. The number of carbonyl (C=O) groups is 3. The van der Waals surface area contributed by atoms with E-state index in [-0.39, 0.29) is 30.4 Å². The van der Waals surface area contributed by atoms with Gasteiger partial charge in [0.25, 0.3) is 11.8 Å². The molecule has 2 fully saturated rings. The molecule has 4 rings (SSSR count). The number of halogens is 1. The van der Waals surface area contributed by atoms with Crippen LogP contribution in [-0.4, -0.2) is 65.0 Å². The molecule has 2 aliphatic rings. The van der Waals surface area contributed by atoms with E-state index >= 15 is 0 Å². The lowest BCUT2D eigenvalue weighted by atomic mass is 9.96. The largest absolute Gasteiger partial charge is 0.353 e. The Hall–Kier alpha value is -3.26. The molecule has 2 heterocycles. The van der Waals surface area contributed by atoms with E-state index in [9.17, 15) is 18.8 Å². The normalized spacial score (nSPS) is 20.3. The summed E-state index contributed by atoms with van der Waals surface area (Å²) in [5, 5.41) is 2.97. The number of amides is 3. The molecule has 1 spiro atoms. The molecule has 1 N–H and O–H groups in total. The average Bonchev–Trinajstić information content (AvgIpc) is 3.23. The summed E-state index contributed by atoms with van der Waals surface area (Å²) < 4.78 is 19.4. The minimum atomic E-state index is -0.968. The molecule has 3 amide bonds. The molecule has 7 nitrogen and oxygen atoms in total. The van der Waals surface area contributed by atoms with Crippen LogP contribution >= 0.6 is 0 Å². The maximum absolute atomic E-state index is 13.6. The van der Waals surface area contributed by atoms with E-state index in [4.69, 9.17) is 4.74 Å². The Kier molecular flexibility index (Phi) is 6.97. The molecule has 180 valence electrons. The van der Waals surface area contributed by atoms with Gasteiger partial charge in [-0.2, -0.15) is 0 Å². The Morgan fingerprint density at radius 1 is 1.03 bits per heavy atom. The van der Waals surface area contributed by atoms with Crippen molar-refractivity contribution < 1.29 is 23.5 Å². The van der Waals surface area contributed by atoms with Gasteiger partial charge in [-0.05, 0) is 49.7 Å². The van der Waals surface area contributed by atoms with Crippen LogP contribution in [0.1, 0.15) is 53.8 Å². The van der Waals surface area contributed by atoms with Crippen molar-refractivity contribution in [3.8, 4) is 0 Å². The fourth-order valence-electron chi connectivity index (χ4n) is 4.56. The molecular weight excluding hydrogens is 437 g/mol. The van der Waals surface area contributed by atoms with Crippen molar-refractivity contribution in [2.24, 2.45) is 0 Å². The van der Waals surface area contributed by atoms with Crippen LogP contribution in [0.2, 0.25) is 0 Å². The Labute approximate surface area is 198 Å². The molecule has 34 heavy (non-hydrogen) atoms. The van der Waals surface area contributed by atoms with Crippen LogP contribution in [0, 0.1) is 5.82 Å². The molecule has 0 aromatic heterocycles. The average molecular weight is 468 g/mol. The van der Waals surface area contributed by atoms with Gasteiger partial charge in [0.05, 0.1) is 6.61 Å². The number of hydrogen-bond acceptors (Lipinski definition) is 4. The van der Waals surface area contributed by atoms with Crippen LogP contribution in [0.3, 0.4) is 0 Å². The zero-order chi connectivity index (χ0) is 24.3. The van der Waals surface area contributed by atoms with Crippen molar-refractivity contribution in [3.05, 3.63) is 71.5 Å². The molecule has 2 aromatic rings. The van der Waals surface area contributed by atoms with Crippen molar-refractivity contribution in [1.82, 2.24) is 15.1 Å². The van der Waals surface area contributed by atoms with Gasteiger partial charge in [0.15, 0.2) is 0 Å². The van der Waals surface area contributed by atoms with Gasteiger partial charge in [0, 0.05) is 43.1 Å². The maximum Gasteiger partial charge on any atom is 0.256 e. The second kappa shape index (κ2) is 9.93. The molecule has 0 aliphatic carbocycles. The van der Waals surface area contributed by atoms with E-state index < -0.39 is 17.6 Å². The number of nitrogens with zero attached hydrogens (tertiary/aromatic N) is 2. The lowest BCUT2D eigenvalue weighted by Crippen LogP contribution is -2.60. The van der Waals surface area contributed by atoms with Gasteiger partial charge >= 0.3 is 0 Å². The van der Waals surface area contributed by atoms with Crippen molar-refractivity contribution in [2.45, 2.75) is 50.9 Å². The summed E-state index contributed by atoms with van der Waals surface area (Å²) in [5.41, 5.74) is -0.0736. The maximum atomic E-state index is 13.6. The van der Waals surface area contributed by atoms with Gasteiger partial charge < -0.3 is 15.0 Å². The van der Waals surface area contributed by atoms with Gasteiger partial charge in [0.1, 0.15) is 17.6 Å². The second-order valence-corrected chi connectivity index (χ2v) is 8.93. The molecule has 8 heteroatoms.